The van der Waals surface area contributed by atoms with Crippen LogP contribution in [0.5, 0.6) is 0 Å². The van der Waals surface area contributed by atoms with Gasteiger partial charge in [-0.2, -0.15) is 0 Å². The zero-order valence-corrected chi connectivity index (χ0v) is 23.8. The topological polar surface area (TPSA) is 149 Å². The highest BCUT2D eigenvalue weighted by Crippen LogP contribution is 2.44. The third kappa shape index (κ3) is 5.97. The van der Waals surface area contributed by atoms with Crippen molar-refractivity contribution in [3.8, 4) is 0 Å². The zero-order valence-electron chi connectivity index (χ0n) is 22.9. The van der Waals surface area contributed by atoms with Crippen LogP contribution in [0.25, 0.3) is 10.4 Å². The summed E-state index contributed by atoms with van der Waals surface area (Å²) in [5.74, 6) is -2.35. The van der Waals surface area contributed by atoms with Crippen LogP contribution in [0.2, 0.25) is 0 Å². The van der Waals surface area contributed by atoms with Crippen LogP contribution in [-0.2, 0) is 42.1 Å². The Labute approximate surface area is 237 Å². The Morgan fingerprint density at radius 2 is 1.65 bits per heavy atom. The van der Waals surface area contributed by atoms with Gasteiger partial charge in [0.2, 0.25) is 0 Å². The van der Waals surface area contributed by atoms with Gasteiger partial charge in [0.25, 0.3) is 0 Å². The lowest BCUT2D eigenvalue weighted by molar-refractivity contribution is -0.283. The summed E-state index contributed by atoms with van der Waals surface area (Å²) >= 11 is 4.00. The van der Waals surface area contributed by atoms with Gasteiger partial charge in [-0.3, -0.25) is 0 Å². The van der Waals surface area contributed by atoms with E-state index < -0.39 is 78.9 Å². The zero-order chi connectivity index (χ0) is 28.7. The largest absolute Gasteiger partial charge is 0.455 e. The van der Waals surface area contributed by atoms with E-state index in [1.54, 1.807) is 44.2 Å². The van der Waals surface area contributed by atoms with Crippen molar-refractivity contribution in [3.63, 3.8) is 0 Å². The van der Waals surface area contributed by atoms with E-state index in [1.165, 1.54) is 0 Å². The number of benzene rings is 1. The van der Waals surface area contributed by atoms with Crippen molar-refractivity contribution in [3.05, 3.63) is 46.3 Å². The molecule has 13 nitrogen and oxygen atoms in total. The smallest absolute Gasteiger partial charge is 0.338 e. The molecule has 10 atom stereocenters. The third-order valence-corrected chi connectivity index (χ3v) is 7.50. The monoisotopic (exact) mass is 581 g/mol. The first-order chi connectivity index (χ1) is 19.1. The van der Waals surface area contributed by atoms with Gasteiger partial charge in [0.05, 0.1) is 18.3 Å². The van der Waals surface area contributed by atoms with Crippen molar-refractivity contribution in [2.24, 2.45) is 5.11 Å². The Kier molecular flexibility index (Phi) is 8.65. The second-order valence-corrected chi connectivity index (χ2v) is 11.2. The van der Waals surface area contributed by atoms with E-state index in [1.807, 2.05) is 20.8 Å². The summed E-state index contributed by atoms with van der Waals surface area (Å²) < 4.78 is 54.1. The second-order valence-electron chi connectivity index (χ2n) is 11.0. The van der Waals surface area contributed by atoms with Crippen molar-refractivity contribution in [2.45, 2.75) is 114 Å². The number of ether oxygens (including phenoxy) is 8. The summed E-state index contributed by atoms with van der Waals surface area (Å²) in [6.45, 7) is 9.09. The van der Waals surface area contributed by atoms with E-state index in [4.69, 9.17) is 42.1 Å². The molecule has 4 heterocycles. The standard InChI is InChI=1S/C26H35N3O10S/c1-6-14-18(39-40)19(34-22(30)13-10-8-7-9-11-13)16(28-29-27)23(32-14)31-12-15-17-20(36-25(2,3)35-17)21-24(33-15)38-26(4,5)37-21/h7-11,14-21,23-24,40H,6,12H2,1-5H3/t14?,15?,16?,17-,18-,19+,20-,21?,23+,24-/m0/s1. The molecule has 0 N–H and O–H groups in total. The maximum Gasteiger partial charge on any atom is 0.338 e. The summed E-state index contributed by atoms with van der Waals surface area (Å²) in [6.07, 6.45) is -5.89. The summed E-state index contributed by atoms with van der Waals surface area (Å²) in [6, 6.07) is 7.38. The predicted octanol–water partition coefficient (Wildman–Crippen LogP) is 3.67. The number of azide groups is 1. The Bertz CT molecular complexity index is 1100. The van der Waals surface area contributed by atoms with Gasteiger partial charge in [-0.05, 0) is 64.7 Å². The molecule has 0 saturated carbocycles. The van der Waals surface area contributed by atoms with Gasteiger partial charge in [-0.1, -0.05) is 30.2 Å². The highest BCUT2D eigenvalue weighted by molar-refractivity contribution is 7.75. The van der Waals surface area contributed by atoms with Gasteiger partial charge >= 0.3 is 5.97 Å². The number of nitrogens with zero attached hydrogens (tertiary/aromatic N) is 3. The molecule has 14 heteroatoms. The van der Waals surface area contributed by atoms with Crippen molar-refractivity contribution in [2.75, 3.05) is 6.61 Å². The third-order valence-electron chi connectivity index (χ3n) is 7.25. The Morgan fingerprint density at radius 3 is 2.33 bits per heavy atom. The van der Waals surface area contributed by atoms with Crippen LogP contribution in [0.4, 0.5) is 0 Å². The predicted molar refractivity (Wildman–Crippen MR) is 140 cm³/mol. The van der Waals surface area contributed by atoms with Crippen molar-refractivity contribution < 1.29 is 46.9 Å². The summed E-state index contributed by atoms with van der Waals surface area (Å²) in [5.41, 5.74) is 9.72. The first-order valence-electron chi connectivity index (χ1n) is 13.3. The Hall–Kier alpha value is -1.97. The quantitative estimate of drug-likeness (QED) is 0.120. The molecular weight excluding hydrogens is 546 g/mol. The van der Waals surface area contributed by atoms with E-state index in [2.05, 4.69) is 22.9 Å². The molecule has 1 aromatic carbocycles. The second kappa shape index (κ2) is 11.7. The maximum atomic E-state index is 13.0. The maximum absolute atomic E-state index is 13.0. The summed E-state index contributed by atoms with van der Waals surface area (Å²) in [7, 11) is 0. The van der Waals surface area contributed by atoms with Crippen LogP contribution in [0.15, 0.2) is 35.4 Å². The average Bonchev–Trinajstić information content (AvgIpc) is 3.42. The number of hydrogen-bond acceptors (Lipinski definition) is 12. The SMILES string of the molecule is CCC1O[C@@H](OCC2O[C@H]3OC(C)(C)OC3[C@H]3OC(C)(C)O[C@@H]23)C(N=[N+]=[N-])[C@@H](OC(=O)c2ccccc2)[C@H]1OS. The molecule has 40 heavy (non-hydrogen) atoms. The minimum atomic E-state index is -1.10. The minimum Gasteiger partial charge on any atom is -0.455 e. The number of fused-ring (bicyclic) bond motifs is 3. The Balaban J connectivity index is 1.36. The molecule has 4 unspecified atom stereocenters. The fourth-order valence-electron chi connectivity index (χ4n) is 5.58. The van der Waals surface area contributed by atoms with Gasteiger partial charge in [-0.25, -0.2) is 4.79 Å². The molecule has 0 aromatic heterocycles. The van der Waals surface area contributed by atoms with E-state index in [-0.39, 0.29) is 6.61 Å². The first-order valence-corrected chi connectivity index (χ1v) is 13.7. The van der Waals surface area contributed by atoms with E-state index in [0.717, 1.165) is 0 Å². The van der Waals surface area contributed by atoms with E-state index in [9.17, 15) is 10.3 Å². The van der Waals surface area contributed by atoms with E-state index >= 15 is 0 Å². The van der Waals surface area contributed by atoms with E-state index in [0.29, 0.717) is 12.0 Å². The molecule has 4 aliphatic rings. The van der Waals surface area contributed by atoms with Crippen LogP contribution >= 0.6 is 12.9 Å². The molecule has 220 valence electrons. The first kappa shape index (κ1) is 29.5. The lowest BCUT2D eigenvalue weighted by Gasteiger charge is -2.44. The normalized spacial score (nSPS) is 39.5. The van der Waals surface area contributed by atoms with Crippen LogP contribution < -0.4 is 0 Å². The van der Waals surface area contributed by atoms with Crippen LogP contribution in [0.1, 0.15) is 51.4 Å². The number of thiol groups is 1. The molecule has 4 fully saturated rings. The van der Waals surface area contributed by atoms with Gasteiger partial charge in [-0.15, -0.1) is 0 Å². The molecule has 1 aromatic rings. The van der Waals surface area contributed by atoms with Gasteiger partial charge < -0.3 is 42.1 Å². The molecule has 0 amide bonds. The lowest BCUT2D eigenvalue weighted by atomic mass is 9.95. The van der Waals surface area contributed by atoms with Gasteiger partial charge in [0, 0.05) is 4.91 Å². The molecule has 0 radical (unpaired) electrons. The number of rotatable bonds is 8. The number of carbonyl (C=O) groups excluding carboxylic acids is 1. The van der Waals surface area contributed by atoms with Gasteiger partial charge in [0.1, 0.15) is 42.7 Å². The highest BCUT2D eigenvalue weighted by Gasteiger charge is 2.61. The number of hydrogen-bond donors (Lipinski definition) is 1. The number of carbonyl (C=O) groups is 1. The molecule has 0 spiro atoms. The van der Waals surface area contributed by atoms with Crippen molar-refractivity contribution in [1.29, 1.82) is 0 Å². The fourth-order valence-corrected chi connectivity index (χ4v) is 5.84. The van der Waals surface area contributed by atoms with Gasteiger partial charge in [0.15, 0.2) is 24.2 Å². The highest BCUT2D eigenvalue weighted by atomic mass is 32.1. The van der Waals surface area contributed by atoms with Crippen LogP contribution in [0.3, 0.4) is 0 Å². The molecule has 0 aliphatic carbocycles. The lowest BCUT2D eigenvalue weighted by Crippen LogP contribution is -2.60. The molecule has 4 aliphatic heterocycles. The molecule has 0 bridgehead atoms. The summed E-state index contributed by atoms with van der Waals surface area (Å²) in [5, 5.41) is 3.88. The Morgan fingerprint density at radius 1 is 0.975 bits per heavy atom. The van der Waals surface area contributed by atoms with Crippen molar-refractivity contribution >= 4 is 18.9 Å². The fraction of sp³-hybridized carbons (Fsp3) is 0.731. The molecule has 4 saturated heterocycles. The summed E-state index contributed by atoms with van der Waals surface area (Å²) in [4.78, 5) is 15.9. The molecule has 5 rings (SSSR count). The minimum absolute atomic E-state index is 0.0298. The number of esters is 1. The average molecular weight is 582 g/mol. The van der Waals surface area contributed by atoms with Crippen LogP contribution in [0, 0.1) is 0 Å². The molecular formula is C26H35N3O10S. The van der Waals surface area contributed by atoms with Crippen LogP contribution in [-0.4, -0.2) is 85.5 Å². The van der Waals surface area contributed by atoms with Crippen molar-refractivity contribution in [1.82, 2.24) is 0 Å².